The minimum Gasteiger partial charge on any atom is -0.488 e. The molecule has 0 saturated carbocycles. The summed E-state index contributed by atoms with van der Waals surface area (Å²) < 4.78 is 44.3. The Morgan fingerprint density at radius 1 is 1.09 bits per heavy atom. The number of likely N-dealkylation sites (N-methyl/N-ethyl adjacent to an activating group) is 1. The van der Waals surface area contributed by atoms with Gasteiger partial charge in [-0.15, -0.1) is 0 Å². The second kappa shape index (κ2) is 14.7. The summed E-state index contributed by atoms with van der Waals surface area (Å²) >= 11 is 0. The number of anilines is 1. The highest BCUT2D eigenvalue weighted by molar-refractivity contribution is 5.91. The lowest BCUT2D eigenvalue weighted by atomic mass is 10.0. The number of rotatable bonds is 10. The molecule has 0 aliphatic carbocycles. The predicted molar refractivity (Wildman–Crippen MR) is 164 cm³/mol. The molecule has 0 spiro atoms. The van der Waals surface area contributed by atoms with Crippen molar-refractivity contribution in [2.45, 2.75) is 58.0 Å². The number of fused-ring (bicyclic) bond motifs is 1. The van der Waals surface area contributed by atoms with E-state index < -0.39 is 31.0 Å². The first-order chi connectivity index (χ1) is 20.9. The van der Waals surface area contributed by atoms with Gasteiger partial charge < -0.3 is 20.1 Å². The molecule has 10 heteroatoms. The standard InChI is InChI=1S/C34H40F3N3O4/c1-23-19-40(24(2)22-41)33(43)18-28-17-29(38-32(42)15-16-34(35,36)37)13-14-30(28)44-31(23)21-39(3)20-25-9-11-27(12-10-25)26-7-5-4-6-8-26/h4-14,17,23-24,31,41H,15-16,18-22H2,1-3H3,(H,38,42)/t23-,24-,31+/m0/s1. The van der Waals surface area contributed by atoms with Gasteiger partial charge in [0.25, 0.3) is 0 Å². The van der Waals surface area contributed by atoms with Crippen molar-refractivity contribution in [3.05, 3.63) is 83.9 Å². The Morgan fingerprint density at radius 3 is 2.43 bits per heavy atom. The molecule has 1 aliphatic rings. The van der Waals surface area contributed by atoms with Crippen LogP contribution in [0.3, 0.4) is 0 Å². The van der Waals surface area contributed by atoms with Crippen molar-refractivity contribution >= 4 is 17.5 Å². The van der Waals surface area contributed by atoms with Gasteiger partial charge in [0.05, 0.1) is 25.5 Å². The van der Waals surface area contributed by atoms with Crippen LogP contribution in [0.5, 0.6) is 5.75 Å². The molecule has 0 fully saturated rings. The predicted octanol–water partition coefficient (Wildman–Crippen LogP) is 5.92. The zero-order valence-electron chi connectivity index (χ0n) is 25.3. The summed E-state index contributed by atoms with van der Waals surface area (Å²) in [6.07, 6.45) is -6.72. The smallest absolute Gasteiger partial charge is 0.389 e. The van der Waals surface area contributed by atoms with Crippen molar-refractivity contribution in [3.8, 4) is 16.9 Å². The van der Waals surface area contributed by atoms with Crippen LogP contribution in [0.2, 0.25) is 0 Å². The van der Waals surface area contributed by atoms with Crippen molar-refractivity contribution in [3.63, 3.8) is 0 Å². The summed E-state index contributed by atoms with van der Waals surface area (Å²) in [4.78, 5) is 29.4. The number of carbonyl (C=O) groups is 2. The topological polar surface area (TPSA) is 82.1 Å². The Balaban J connectivity index is 1.52. The molecule has 0 radical (unpaired) electrons. The van der Waals surface area contributed by atoms with E-state index in [1.54, 1.807) is 30.0 Å². The molecule has 4 rings (SSSR count). The van der Waals surface area contributed by atoms with Gasteiger partial charge in [0.2, 0.25) is 11.8 Å². The van der Waals surface area contributed by atoms with E-state index in [4.69, 9.17) is 4.74 Å². The van der Waals surface area contributed by atoms with Crippen LogP contribution in [0.25, 0.3) is 11.1 Å². The molecule has 2 amide bonds. The molecule has 7 nitrogen and oxygen atoms in total. The quantitative estimate of drug-likeness (QED) is 0.298. The van der Waals surface area contributed by atoms with E-state index in [1.807, 2.05) is 32.2 Å². The minimum absolute atomic E-state index is 0.0466. The molecule has 3 aromatic rings. The van der Waals surface area contributed by atoms with Crippen molar-refractivity contribution in [2.24, 2.45) is 5.92 Å². The number of hydrogen-bond acceptors (Lipinski definition) is 5. The first kappa shape index (κ1) is 33.0. The molecular weight excluding hydrogens is 571 g/mol. The van der Waals surface area contributed by atoms with Crippen LogP contribution < -0.4 is 10.1 Å². The van der Waals surface area contributed by atoms with E-state index in [1.165, 1.54) is 0 Å². The van der Waals surface area contributed by atoms with Gasteiger partial charge in [-0.25, -0.2) is 0 Å². The molecule has 1 aliphatic heterocycles. The van der Waals surface area contributed by atoms with Gasteiger partial charge in [0.1, 0.15) is 11.9 Å². The molecule has 3 aromatic carbocycles. The third-order valence-electron chi connectivity index (χ3n) is 7.84. The lowest BCUT2D eigenvalue weighted by molar-refractivity contribution is -0.142. The molecule has 1 heterocycles. The molecule has 0 bridgehead atoms. The molecule has 44 heavy (non-hydrogen) atoms. The second-order valence-corrected chi connectivity index (χ2v) is 11.6. The number of alkyl halides is 3. The van der Waals surface area contributed by atoms with Crippen LogP contribution in [0, 0.1) is 5.92 Å². The third kappa shape index (κ3) is 9.30. The fraction of sp³-hybridized carbons (Fsp3) is 0.412. The average molecular weight is 612 g/mol. The van der Waals surface area contributed by atoms with E-state index >= 15 is 0 Å². The summed E-state index contributed by atoms with van der Waals surface area (Å²) in [6.45, 7) is 5.18. The van der Waals surface area contributed by atoms with Gasteiger partial charge in [-0.2, -0.15) is 13.2 Å². The first-order valence-corrected chi connectivity index (χ1v) is 14.8. The van der Waals surface area contributed by atoms with Crippen LogP contribution in [0.4, 0.5) is 18.9 Å². The first-order valence-electron chi connectivity index (χ1n) is 14.8. The maximum absolute atomic E-state index is 13.4. The highest BCUT2D eigenvalue weighted by atomic mass is 19.4. The fourth-order valence-electron chi connectivity index (χ4n) is 5.32. The Kier molecular flexibility index (Phi) is 11.0. The summed E-state index contributed by atoms with van der Waals surface area (Å²) in [7, 11) is 2.01. The van der Waals surface area contributed by atoms with E-state index in [0.29, 0.717) is 30.9 Å². The van der Waals surface area contributed by atoms with Gasteiger partial charge in [0, 0.05) is 43.2 Å². The minimum atomic E-state index is -4.43. The normalized spacial score (nSPS) is 18.1. The average Bonchev–Trinajstić information content (AvgIpc) is 3.03. The number of carbonyl (C=O) groups excluding carboxylic acids is 2. The van der Waals surface area contributed by atoms with Crippen LogP contribution in [-0.4, -0.2) is 71.8 Å². The largest absolute Gasteiger partial charge is 0.488 e. The number of ether oxygens (including phenoxy) is 1. The molecule has 3 atom stereocenters. The number of aliphatic hydroxyl groups is 1. The zero-order chi connectivity index (χ0) is 31.9. The van der Waals surface area contributed by atoms with Crippen molar-refractivity contribution in [1.82, 2.24) is 9.80 Å². The number of benzene rings is 3. The number of hydrogen-bond donors (Lipinski definition) is 2. The molecule has 236 valence electrons. The number of nitrogens with zero attached hydrogens (tertiary/aromatic N) is 2. The number of amides is 2. The van der Waals surface area contributed by atoms with E-state index in [9.17, 15) is 27.9 Å². The van der Waals surface area contributed by atoms with Gasteiger partial charge in [-0.3, -0.25) is 14.5 Å². The molecule has 0 unspecified atom stereocenters. The highest BCUT2D eigenvalue weighted by Crippen LogP contribution is 2.30. The Hall–Kier alpha value is -3.89. The molecule has 2 N–H and O–H groups in total. The second-order valence-electron chi connectivity index (χ2n) is 11.6. The highest BCUT2D eigenvalue weighted by Gasteiger charge is 2.31. The Morgan fingerprint density at radius 2 is 1.77 bits per heavy atom. The summed E-state index contributed by atoms with van der Waals surface area (Å²) in [5.41, 5.74) is 4.23. The van der Waals surface area contributed by atoms with E-state index in [-0.39, 0.29) is 36.6 Å². The molecule has 0 saturated heterocycles. The fourth-order valence-corrected chi connectivity index (χ4v) is 5.32. The monoisotopic (exact) mass is 611 g/mol. The van der Waals surface area contributed by atoms with Crippen LogP contribution in [-0.2, 0) is 22.6 Å². The maximum Gasteiger partial charge on any atom is 0.389 e. The van der Waals surface area contributed by atoms with Crippen LogP contribution in [0.1, 0.15) is 37.8 Å². The van der Waals surface area contributed by atoms with E-state index in [2.05, 4.69) is 46.6 Å². The van der Waals surface area contributed by atoms with Gasteiger partial charge >= 0.3 is 6.18 Å². The number of aliphatic hydroxyl groups excluding tert-OH is 1. The van der Waals surface area contributed by atoms with Gasteiger partial charge in [0.15, 0.2) is 0 Å². The molecule has 0 aromatic heterocycles. The molecular formula is C34H40F3N3O4. The lowest BCUT2D eigenvalue weighted by Gasteiger charge is -2.34. The SMILES string of the molecule is C[C@H]1CN([C@@H](C)CO)C(=O)Cc2cc(NC(=O)CCC(F)(F)F)ccc2O[C@@H]1CN(C)Cc1ccc(-c2ccccc2)cc1. The van der Waals surface area contributed by atoms with Gasteiger partial charge in [-0.05, 0) is 48.9 Å². The van der Waals surface area contributed by atoms with Crippen molar-refractivity contribution in [2.75, 3.05) is 32.1 Å². The third-order valence-corrected chi connectivity index (χ3v) is 7.84. The van der Waals surface area contributed by atoms with Crippen LogP contribution >= 0.6 is 0 Å². The summed E-state index contributed by atoms with van der Waals surface area (Å²) in [6, 6.07) is 23.0. The number of halogens is 3. The zero-order valence-corrected chi connectivity index (χ0v) is 25.3. The Bertz CT molecular complexity index is 1400. The summed E-state index contributed by atoms with van der Waals surface area (Å²) in [5.74, 6) is -0.597. The summed E-state index contributed by atoms with van der Waals surface area (Å²) in [5, 5.41) is 12.4. The maximum atomic E-state index is 13.4. The number of nitrogens with one attached hydrogen (secondary N) is 1. The van der Waals surface area contributed by atoms with E-state index in [0.717, 1.165) is 16.7 Å². The van der Waals surface area contributed by atoms with Crippen LogP contribution in [0.15, 0.2) is 72.8 Å². The van der Waals surface area contributed by atoms with Crippen molar-refractivity contribution < 1.29 is 32.6 Å². The van der Waals surface area contributed by atoms with Gasteiger partial charge in [-0.1, -0.05) is 61.5 Å². The Labute approximate surface area is 256 Å². The van der Waals surface area contributed by atoms with Crippen molar-refractivity contribution in [1.29, 1.82) is 0 Å². The lowest BCUT2D eigenvalue weighted by Crippen LogP contribution is -2.47.